The molecular weight excluding hydrogens is 260 g/mol. The Labute approximate surface area is 119 Å². The van der Waals surface area contributed by atoms with Gasteiger partial charge in [0, 0.05) is 24.7 Å². The zero-order valence-corrected chi connectivity index (χ0v) is 12.1. The zero-order chi connectivity index (χ0) is 14.7. The van der Waals surface area contributed by atoms with Crippen LogP contribution in [0.1, 0.15) is 24.4 Å². The standard InChI is InChI=1S/C15H23F2N3/c1-19-7-3-4-12(10-19)20(2)15(9-18)13-8-11(16)5-6-14(13)17/h5-6,8,12,15H,3-4,7,9-10,18H2,1-2H3. The maximum atomic E-state index is 14.0. The Hall–Kier alpha value is -1.04. The highest BCUT2D eigenvalue weighted by atomic mass is 19.1. The van der Waals surface area contributed by atoms with E-state index in [1.54, 1.807) is 0 Å². The van der Waals surface area contributed by atoms with E-state index in [9.17, 15) is 8.78 Å². The van der Waals surface area contributed by atoms with Crippen molar-refractivity contribution in [2.24, 2.45) is 5.73 Å². The number of likely N-dealkylation sites (tertiary alicyclic amines) is 1. The van der Waals surface area contributed by atoms with Crippen LogP contribution >= 0.6 is 0 Å². The summed E-state index contributed by atoms with van der Waals surface area (Å²) in [6, 6.07) is 3.61. The molecule has 0 amide bonds. The van der Waals surface area contributed by atoms with Crippen molar-refractivity contribution in [3.8, 4) is 0 Å². The van der Waals surface area contributed by atoms with Gasteiger partial charge in [0.25, 0.3) is 0 Å². The van der Waals surface area contributed by atoms with E-state index in [-0.39, 0.29) is 12.6 Å². The van der Waals surface area contributed by atoms with Gasteiger partial charge >= 0.3 is 0 Å². The van der Waals surface area contributed by atoms with E-state index in [2.05, 4.69) is 16.8 Å². The average Bonchev–Trinajstić information content (AvgIpc) is 2.43. The molecule has 1 saturated heterocycles. The quantitative estimate of drug-likeness (QED) is 0.917. The molecule has 0 radical (unpaired) electrons. The number of nitrogens with two attached hydrogens (primary N) is 1. The molecule has 2 N–H and O–H groups in total. The smallest absolute Gasteiger partial charge is 0.128 e. The maximum Gasteiger partial charge on any atom is 0.128 e. The van der Waals surface area contributed by atoms with Gasteiger partial charge in [0.05, 0.1) is 6.04 Å². The number of benzene rings is 1. The molecule has 5 heteroatoms. The molecule has 1 aromatic carbocycles. The predicted octanol–water partition coefficient (Wildman–Crippen LogP) is 1.99. The van der Waals surface area contributed by atoms with Crippen LogP contribution in [0.4, 0.5) is 8.78 Å². The molecule has 1 aliphatic heterocycles. The van der Waals surface area contributed by atoms with Crippen molar-refractivity contribution in [2.75, 3.05) is 33.7 Å². The van der Waals surface area contributed by atoms with Crippen LogP contribution in [0.2, 0.25) is 0 Å². The first-order valence-electron chi connectivity index (χ1n) is 7.08. The van der Waals surface area contributed by atoms with Gasteiger partial charge in [-0.2, -0.15) is 0 Å². The van der Waals surface area contributed by atoms with E-state index in [1.807, 2.05) is 7.05 Å². The molecule has 0 saturated carbocycles. The van der Waals surface area contributed by atoms with Crippen molar-refractivity contribution < 1.29 is 8.78 Å². The first-order valence-corrected chi connectivity index (χ1v) is 7.08. The first-order chi connectivity index (χ1) is 9.52. The largest absolute Gasteiger partial charge is 0.329 e. The lowest BCUT2D eigenvalue weighted by molar-refractivity contribution is 0.0994. The molecule has 2 rings (SSSR count). The summed E-state index contributed by atoms with van der Waals surface area (Å²) in [4.78, 5) is 4.35. The van der Waals surface area contributed by atoms with Crippen LogP contribution in [-0.2, 0) is 0 Å². The van der Waals surface area contributed by atoms with E-state index in [0.717, 1.165) is 32.0 Å². The second kappa shape index (κ2) is 6.61. The van der Waals surface area contributed by atoms with Crippen LogP contribution in [0.25, 0.3) is 0 Å². The minimum absolute atomic E-state index is 0.275. The molecule has 1 fully saturated rings. The third-order valence-corrected chi connectivity index (χ3v) is 4.21. The normalized spacial score (nSPS) is 22.2. The molecule has 2 atom stereocenters. The molecule has 2 unspecified atom stereocenters. The first kappa shape index (κ1) is 15.4. The third-order valence-electron chi connectivity index (χ3n) is 4.21. The second-order valence-electron chi connectivity index (χ2n) is 5.64. The number of piperidine rings is 1. The fraction of sp³-hybridized carbons (Fsp3) is 0.600. The van der Waals surface area contributed by atoms with Crippen molar-refractivity contribution in [3.63, 3.8) is 0 Å². The molecule has 1 aromatic rings. The highest BCUT2D eigenvalue weighted by molar-refractivity contribution is 5.23. The number of nitrogens with zero attached hydrogens (tertiary/aromatic N) is 2. The Kier molecular flexibility index (Phi) is 5.07. The summed E-state index contributed by atoms with van der Waals surface area (Å²) >= 11 is 0. The number of hydrogen-bond acceptors (Lipinski definition) is 3. The van der Waals surface area contributed by atoms with Gasteiger partial charge in [0.15, 0.2) is 0 Å². The Morgan fingerprint density at radius 2 is 2.20 bits per heavy atom. The summed E-state index contributed by atoms with van der Waals surface area (Å²) in [6.45, 7) is 2.30. The van der Waals surface area contributed by atoms with Crippen LogP contribution in [0, 0.1) is 11.6 Å². The number of hydrogen-bond donors (Lipinski definition) is 1. The summed E-state index contributed by atoms with van der Waals surface area (Å²) in [5.74, 6) is -0.813. The summed E-state index contributed by atoms with van der Waals surface area (Å²) in [6.07, 6.45) is 2.18. The highest BCUT2D eigenvalue weighted by Crippen LogP contribution is 2.26. The molecular formula is C15H23F2N3. The van der Waals surface area contributed by atoms with Crippen LogP contribution in [0.3, 0.4) is 0 Å². The van der Waals surface area contributed by atoms with Crippen molar-refractivity contribution in [3.05, 3.63) is 35.4 Å². The third kappa shape index (κ3) is 3.34. The molecule has 0 aliphatic carbocycles. The van der Waals surface area contributed by atoms with Gasteiger partial charge in [-0.3, -0.25) is 4.90 Å². The van der Waals surface area contributed by atoms with E-state index in [0.29, 0.717) is 11.6 Å². The molecule has 1 aliphatic rings. The van der Waals surface area contributed by atoms with Crippen molar-refractivity contribution in [1.82, 2.24) is 9.80 Å². The van der Waals surface area contributed by atoms with Gasteiger partial charge in [-0.25, -0.2) is 8.78 Å². The van der Waals surface area contributed by atoms with Gasteiger partial charge in [0.1, 0.15) is 11.6 Å². The molecule has 0 aromatic heterocycles. The van der Waals surface area contributed by atoms with Crippen molar-refractivity contribution in [2.45, 2.75) is 24.9 Å². The monoisotopic (exact) mass is 283 g/mol. The van der Waals surface area contributed by atoms with Gasteiger partial charge < -0.3 is 10.6 Å². The number of likely N-dealkylation sites (N-methyl/N-ethyl adjacent to an activating group) is 2. The lowest BCUT2D eigenvalue weighted by Crippen LogP contribution is -2.47. The van der Waals surface area contributed by atoms with Crippen LogP contribution in [0.5, 0.6) is 0 Å². The summed E-state index contributed by atoms with van der Waals surface area (Å²) in [5.41, 5.74) is 6.17. The van der Waals surface area contributed by atoms with Gasteiger partial charge in [-0.15, -0.1) is 0 Å². The van der Waals surface area contributed by atoms with Crippen LogP contribution in [0.15, 0.2) is 18.2 Å². The second-order valence-corrected chi connectivity index (χ2v) is 5.64. The Morgan fingerprint density at radius 1 is 1.45 bits per heavy atom. The molecule has 1 heterocycles. The Balaban J connectivity index is 2.20. The van der Waals surface area contributed by atoms with Crippen LogP contribution in [-0.4, -0.2) is 49.6 Å². The fourth-order valence-electron chi connectivity index (χ4n) is 3.01. The van der Waals surface area contributed by atoms with Gasteiger partial charge in [0.2, 0.25) is 0 Å². The fourth-order valence-corrected chi connectivity index (χ4v) is 3.01. The summed E-state index contributed by atoms with van der Waals surface area (Å²) < 4.78 is 27.3. The van der Waals surface area contributed by atoms with E-state index in [4.69, 9.17) is 5.73 Å². The number of halogens is 2. The summed E-state index contributed by atoms with van der Waals surface area (Å²) in [5, 5.41) is 0. The molecule has 112 valence electrons. The average molecular weight is 283 g/mol. The molecule has 3 nitrogen and oxygen atoms in total. The molecule has 0 spiro atoms. The Bertz CT molecular complexity index is 453. The highest BCUT2D eigenvalue weighted by Gasteiger charge is 2.28. The van der Waals surface area contributed by atoms with E-state index < -0.39 is 11.6 Å². The lowest BCUT2D eigenvalue weighted by Gasteiger charge is -2.40. The van der Waals surface area contributed by atoms with E-state index >= 15 is 0 Å². The van der Waals surface area contributed by atoms with Gasteiger partial charge in [-0.1, -0.05) is 0 Å². The minimum atomic E-state index is -0.422. The van der Waals surface area contributed by atoms with Crippen LogP contribution < -0.4 is 5.73 Å². The molecule has 0 bridgehead atoms. The van der Waals surface area contributed by atoms with E-state index in [1.165, 1.54) is 12.1 Å². The maximum absolute atomic E-state index is 14.0. The zero-order valence-electron chi connectivity index (χ0n) is 12.1. The molecule has 20 heavy (non-hydrogen) atoms. The topological polar surface area (TPSA) is 32.5 Å². The predicted molar refractivity (Wildman–Crippen MR) is 76.4 cm³/mol. The van der Waals surface area contributed by atoms with Crippen molar-refractivity contribution in [1.29, 1.82) is 0 Å². The Morgan fingerprint density at radius 3 is 2.85 bits per heavy atom. The SMILES string of the molecule is CN1CCCC(N(C)C(CN)c2cc(F)ccc2F)C1. The summed E-state index contributed by atoms with van der Waals surface area (Å²) in [7, 11) is 4.03. The lowest BCUT2D eigenvalue weighted by atomic mass is 9.99. The van der Waals surface area contributed by atoms with Gasteiger partial charge in [-0.05, 0) is 51.7 Å². The van der Waals surface area contributed by atoms with Crippen molar-refractivity contribution >= 4 is 0 Å². The number of rotatable bonds is 4. The minimum Gasteiger partial charge on any atom is -0.329 e.